The molecule has 1 heterocycles. The number of aryl methyl sites for hydroxylation is 1. The lowest BCUT2D eigenvalue weighted by molar-refractivity contribution is 0.688. The van der Waals surface area contributed by atoms with Crippen molar-refractivity contribution in [1.82, 2.24) is 15.1 Å². The predicted molar refractivity (Wildman–Crippen MR) is 68.5 cm³/mol. The fraction of sp³-hybridized carbons (Fsp3) is 0.357. The van der Waals surface area contributed by atoms with Crippen molar-refractivity contribution in [3.8, 4) is 11.3 Å². The van der Waals surface area contributed by atoms with Crippen LogP contribution in [-0.4, -0.2) is 15.8 Å². The molecule has 1 N–H and O–H groups in total. The smallest absolute Gasteiger partial charge is 0.0723 e. The molecule has 0 radical (unpaired) electrons. The fourth-order valence-corrected chi connectivity index (χ4v) is 2.12. The molecule has 3 rings (SSSR count). The van der Waals surface area contributed by atoms with Gasteiger partial charge >= 0.3 is 0 Å². The van der Waals surface area contributed by atoms with Crippen LogP contribution in [0.1, 0.15) is 18.4 Å². The van der Waals surface area contributed by atoms with Crippen LogP contribution in [0, 0.1) is 0 Å². The second kappa shape index (κ2) is 4.34. The third-order valence-corrected chi connectivity index (χ3v) is 3.22. The molecule has 0 bridgehead atoms. The van der Waals surface area contributed by atoms with Gasteiger partial charge in [-0.1, -0.05) is 30.3 Å². The zero-order valence-corrected chi connectivity index (χ0v) is 10.1. The number of nitrogens with zero attached hydrogens (tertiary/aromatic N) is 2. The van der Waals surface area contributed by atoms with Crippen molar-refractivity contribution in [2.24, 2.45) is 7.05 Å². The topological polar surface area (TPSA) is 29.9 Å². The van der Waals surface area contributed by atoms with Gasteiger partial charge in [0, 0.05) is 30.8 Å². The van der Waals surface area contributed by atoms with Gasteiger partial charge < -0.3 is 5.32 Å². The van der Waals surface area contributed by atoms with Crippen LogP contribution < -0.4 is 5.32 Å². The monoisotopic (exact) mass is 227 g/mol. The van der Waals surface area contributed by atoms with Crippen LogP contribution in [0.5, 0.6) is 0 Å². The zero-order chi connectivity index (χ0) is 11.7. The van der Waals surface area contributed by atoms with Crippen LogP contribution in [0.4, 0.5) is 0 Å². The average Bonchev–Trinajstić information content (AvgIpc) is 3.11. The van der Waals surface area contributed by atoms with Crippen molar-refractivity contribution in [2.75, 3.05) is 0 Å². The van der Waals surface area contributed by atoms with E-state index in [-0.39, 0.29) is 0 Å². The van der Waals surface area contributed by atoms with Crippen molar-refractivity contribution >= 4 is 0 Å². The molecule has 2 aromatic rings. The van der Waals surface area contributed by atoms with E-state index in [1.165, 1.54) is 29.7 Å². The highest BCUT2D eigenvalue weighted by Gasteiger charge is 2.21. The second-order valence-corrected chi connectivity index (χ2v) is 4.66. The van der Waals surface area contributed by atoms with Crippen LogP contribution in [0.2, 0.25) is 0 Å². The molecule has 1 fully saturated rings. The Morgan fingerprint density at radius 2 is 2.06 bits per heavy atom. The molecular formula is C14H17N3. The SMILES string of the molecule is Cn1ncc(CNC2CC2)c1-c1ccccc1. The Balaban J connectivity index is 1.88. The molecule has 0 amide bonds. The maximum absolute atomic E-state index is 4.37. The normalized spacial score (nSPS) is 15.1. The first kappa shape index (κ1) is 10.5. The van der Waals surface area contributed by atoms with E-state index in [2.05, 4.69) is 34.7 Å². The summed E-state index contributed by atoms with van der Waals surface area (Å²) in [5, 5.41) is 7.91. The standard InChI is InChI=1S/C14H17N3/c1-17-14(11-5-3-2-4-6-11)12(10-16-17)9-15-13-7-8-13/h2-6,10,13,15H,7-9H2,1H3. The molecule has 3 heteroatoms. The summed E-state index contributed by atoms with van der Waals surface area (Å²) in [6.07, 6.45) is 4.61. The highest BCUT2D eigenvalue weighted by molar-refractivity contribution is 5.63. The minimum atomic E-state index is 0.735. The maximum atomic E-state index is 4.37. The van der Waals surface area contributed by atoms with E-state index >= 15 is 0 Å². The van der Waals surface area contributed by atoms with Gasteiger partial charge in [-0.2, -0.15) is 5.10 Å². The summed E-state index contributed by atoms with van der Waals surface area (Å²) in [5.41, 5.74) is 3.74. The lowest BCUT2D eigenvalue weighted by Gasteiger charge is -2.07. The molecule has 0 atom stereocenters. The second-order valence-electron chi connectivity index (χ2n) is 4.66. The summed E-state index contributed by atoms with van der Waals surface area (Å²) >= 11 is 0. The largest absolute Gasteiger partial charge is 0.310 e. The third-order valence-electron chi connectivity index (χ3n) is 3.22. The Bertz CT molecular complexity index is 497. The van der Waals surface area contributed by atoms with Crippen LogP contribution in [0.25, 0.3) is 11.3 Å². The molecule has 0 aliphatic heterocycles. The minimum absolute atomic E-state index is 0.735. The molecule has 1 aromatic carbocycles. The molecule has 0 saturated heterocycles. The van der Waals surface area contributed by atoms with Crippen LogP contribution in [-0.2, 0) is 13.6 Å². The molecule has 17 heavy (non-hydrogen) atoms. The summed E-state index contributed by atoms with van der Waals surface area (Å²) in [7, 11) is 2.00. The summed E-state index contributed by atoms with van der Waals surface area (Å²) in [6.45, 7) is 0.919. The first-order valence-electron chi connectivity index (χ1n) is 6.14. The summed E-state index contributed by atoms with van der Waals surface area (Å²) in [6, 6.07) is 11.2. The van der Waals surface area contributed by atoms with Gasteiger partial charge in [0.15, 0.2) is 0 Å². The number of nitrogens with one attached hydrogen (secondary N) is 1. The molecule has 1 aromatic heterocycles. The molecule has 0 unspecified atom stereocenters. The van der Waals surface area contributed by atoms with Gasteiger partial charge in [-0.05, 0) is 12.8 Å². The number of aromatic nitrogens is 2. The van der Waals surface area contributed by atoms with Crippen LogP contribution in [0.3, 0.4) is 0 Å². The lowest BCUT2D eigenvalue weighted by Crippen LogP contribution is -2.15. The predicted octanol–water partition coefficient (Wildman–Crippen LogP) is 2.34. The van der Waals surface area contributed by atoms with Crippen molar-refractivity contribution < 1.29 is 0 Å². The van der Waals surface area contributed by atoms with E-state index in [9.17, 15) is 0 Å². The minimum Gasteiger partial charge on any atom is -0.310 e. The molecule has 1 aliphatic carbocycles. The third kappa shape index (κ3) is 2.24. The first-order chi connectivity index (χ1) is 8.34. The van der Waals surface area contributed by atoms with Crippen molar-refractivity contribution in [1.29, 1.82) is 0 Å². The molecule has 3 nitrogen and oxygen atoms in total. The first-order valence-corrected chi connectivity index (χ1v) is 6.14. The van der Waals surface area contributed by atoms with E-state index in [0.717, 1.165) is 12.6 Å². The highest BCUT2D eigenvalue weighted by atomic mass is 15.3. The molecule has 88 valence electrons. The van der Waals surface area contributed by atoms with E-state index in [1.807, 2.05) is 24.0 Å². The van der Waals surface area contributed by atoms with Gasteiger partial charge in [-0.15, -0.1) is 0 Å². The Labute approximate surface area is 101 Å². The Hall–Kier alpha value is -1.61. The van der Waals surface area contributed by atoms with Gasteiger partial charge in [0.2, 0.25) is 0 Å². The van der Waals surface area contributed by atoms with E-state index < -0.39 is 0 Å². The Morgan fingerprint density at radius 3 is 2.76 bits per heavy atom. The molecule has 1 aliphatic rings. The zero-order valence-electron chi connectivity index (χ0n) is 10.1. The fourth-order valence-electron chi connectivity index (χ4n) is 2.12. The van der Waals surface area contributed by atoms with Crippen molar-refractivity contribution in [2.45, 2.75) is 25.4 Å². The quantitative estimate of drug-likeness (QED) is 0.869. The van der Waals surface area contributed by atoms with E-state index in [4.69, 9.17) is 0 Å². The van der Waals surface area contributed by atoms with Gasteiger partial charge in [-0.25, -0.2) is 0 Å². The van der Waals surface area contributed by atoms with Crippen molar-refractivity contribution in [3.63, 3.8) is 0 Å². The molecule has 0 spiro atoms. The van der Waals surface area contributed by atoms with E-state index in [1.54, 1.807) is 0 Å². The number of benzene rings is 1. The number of rotatable bonds is 4. The van der Waals surface area contributed by atoms with Gasteiger partial charge in [0.25, 0.3) is 0 Å². The van der Waals surface area contributed by atoms with Crippen LogP contribution in [0.15, 0.2) is 36.5 Å². The number of hydrogen-bond acceptors (Lipinski definition) is 2. The highest BCUT2D eigenvalue weighted by Crippen LogP contribution is 2.24. The van der Waals surface area contributed by atoms with E-state index in [0.29, 0.717) is 0 Å². The summed E-state index contributed by atoms with van der Waals surface area (Å²) in [4.78, 5) is 0. The lowest BCUT2D eigenvalue weighted by atomic mass is 10.1. The number of hydrogen-bond donors (Lipinski definition) is 1. The average molecular weight is 227 g/mol. The molecular weight excluding hydrogens is 210 g/mol. The van der Waals surface area contributed by atoms with Gasteiger partial charge in [0.1, 0.15) is 0 Å². The summed E-state index contributed by atoms with van der Waals surface area (Å²) in [5.74, 6) is 0. The molecule has 1 saturated carbocycles. The van der Waals surface area contributed by atoms with Gasteiger partial charge in [-0.3, -0.25) is 4.68 Å². The van der Waals surface area contributed by atoms with Crippen LogP contribution >= 0.6 is 0 Å². The Kier molecular flexibility index (Phi) is 2.69. The maximum Gasteiger partial charge on any atom is 0.0723 e. The Morgan fingerprint density at radius 1 is 1.29 bits per heavy atom. The van der Waals surface area contributed by atoms with Gasteiger partial charge in [0.05, 0.1) is 11.9 Å². The summed E-state index contributed by atoms with van der Waals surface area (Å²) < 4.78 is 1.96. The van der Waals surface area contributed by atoms with Crippen molar-refractivity contribution in [3.05, 3.63) is 42.1 Å².